The summed E-state index contributed by atoms with van der Waals surface area (Å²) >= 11 is 0. The highest BCUT2D eigenvalue weighted by Crippen LogP contribution is 2.35. The Hall–Kier alpha value is -2.11. The third-order valence-electron chi connectivity index (χ3n) is 3.39. The fourth-order valence-electron chi connectivity index (χ4n) is 2.60. The zero-order valence-electron chi connectivity index (χ0n) is 10.5. The van der Waals surface area contributed by atoms with E-state index in [4.69, 9.17) is 5.73 Å². The van der Waals surface area contributed by atoms with Gasteiger partial charge in [0, 0.05) is 11.1 Å². The summed E-state index contributed by atoms with van der Waals surface area (Å²) in [5.41, 5.74) is 8.60. The first-order valence-electron chi connectivity index (χ1n) is 6.24. The smallest absolute Gasteiger partial charge is 0.368 e. The lowest BCUT2D eigenvalue weighted by atomic mass is 9.87. The van der Waals surface area contributed by atoms with Crippen molar-refractivity contribution in [2.24, 2.45) is 0 Å². The molecule has 3 rings (SSSR count). The molecule has 0 unspecified atom stereocenters. The second-order valence-corrected chi connectivity index (χ2v) is 4.80. The predicted molar refractivity (Wildman–Crippen MR) is 69.0 cm³/mol. The van der Waals surface area contributed by atoms with E-state index in [9.17, 15) is 13.2 Å². The molecule has 6 heteroatoms. The summed E-state index contributed by atoms with van der Waals surface area (Å²) in [6.07, 6.45) is -4.16. The fourth-order valence-corrected chi connectivity index (χ4v) is 2.60. The van der Waals surface area contributed by atoms with Gasteiger partial charge < -0.3 is 5.73 Å². The number of hydrogen-bond acceptors (Lipinski definition) is 3. The van der Waals surface area contributed by atoms with Crippen LogP contribution in [0.3, 0.4) is 0 Å². The number of halogens is 3. The van der Waals surface area contributed by atoms with Crippen molar-refractivity contribution in [2.75, 3.05) is 5.73 Å². The van der Waals surface area contributed by atoms with Gasteiger partial charge in [-0.1, -0.05) is 24.3 Å². The van der Waals surface area contributed by atoms with Gasteiger partial charge >= 0.3 is 6.18 Å². The summed E-state index contributed by atoms with van der Waals surface area (Å²) in [6.45, 7) is 0. The maximum atomic E-state index is 12.6. The Morgan fingerprint density at radius 3 is 2.60 bits per heavy atom. The molecule has 20 heavy (non-hydrogen) atoms. The van der Waals surface area contributed by atoms with Crippen molar-refractivity contribution in [3.05, 3.63) is 41.1 Å². The summed E-state index contributed by atoms with van der Waals surface area (Å²) in [4.78, 5) is 7.94. The van der Waals surface area contributed by atoms with Crippen molar-refractivity contribution in [1.29, 1.82) is 0 Å². The number of hydrogen-bond donors (Lipinski definition) is 1. The maximum absolute atomic E-state index is 12.6. The third-order valence-corrected chi connectivity index (χ3v) is 3.39. The average molecular weight is 279 g/mol. The van der Waals surface area contributed by atoms with Crippen LogP contribution in [0.15, 0.2) is 24.3 Å². The number of aromatic nitrogens is 2. The second kappa shape index (κ2) is 4.47. The molecule has 1 aliphatic rings. The van der Waals surface area contributed by atoms with E-state index in [0.29, 0.717) is 24.1 Å². The van der Waals surface area contributed by atoms with Gasteiger partial charge in [0.1, 0.15) is 0 Å². The maximum Gasteiger partial charge on any atom is 0.394 e. The molecule has 1 aromatic carbocycles. The van der Waals surface area contributed by atoms with Gasteiger partial charge in [-0.05, 0) is 18.4 Å². The summed E-state index contributed by atoms with van der Waals surface area (Å²) in [5, 5.41) is 0. The van der Waals surface area contributed by atoms with Gasteiger partial charge in [-0.25, -0.2) is 9.97 Å². The first kappa shape index (κ1) is 12.9. The molecule has 0 bridgehead atoms. The normalized spacial score (nSPS) is 13.8. The molecule has 1 heterocycles. The van der Waals surface area contributed by atoms with Gasteiger partial charge in [0.25, 0.3) is 0 Å². The number of alkyl halides is 3. The molecule has 0 fully saturated rings. The van der Waals surface area contributed by atoms with E-state index in [1.807, 2.05) is 24.3 Å². The molecule has 2 aromatic rings. The van der Waals surface area contributed by atoms with Crippen molar-refractivity contribution < 1.29 is 13.2 Å². The van der Waals surface area contributed by atoms with E-state index < -0.39 is 12.6 Å². The number of nitrogens with two attached hydrogens (primary N) is 1. The first-order valence-corrected chi connectivity index (χ1v) is 6.24. The predicted octanol–water partition coefficient (Wildman–Crippen LogP) is 2.93. The number of nitrogens with zero attached hydrogens (tertiary/aromatic N) is 2. The average Bonchev–Trinajstić information content (AvgIpc) is 2.36. The lowest BCUT2D eigenvalue weighted by molar-refractivity contribution is -0.127. The SMILES string of the molecule is Nc1nc(CC(F)(F)F)c2c(n1)-c1ccccc1CC2. The molecule has 0 aliphatic heterocycles. The summed E-state index contributed by atoms with van der Waals surface area (Å²) < 4.78 is 37.9. The zero-order chi connectivity index (χ0) is 14.3. The van der Waals surface area contributed by atoms with Crippen LogP contribution in [0.4, 0.5) is 19.1 Å². The Morgan fingerprint density at radius 2 is 1.85 bits per heavy atom. The molecule has 0 saturated carbocycles. The third kappa shape index (κ3) is 2.33. The number of nitrogen functional groups attached to an aromatic ring is 1. The van der Waals surface area contributed by atoms with Crippen LogP contribution in [0.25, 0.3) is 11.3 Å². The minimum absolute atomic E-state index is 0.00509. The van der Waals surface area contributed by atoms with Crippen molar-refractivity contribution in [3.63, 3.8) is 0 Å². The summed E-state index contributed by atoms with van der Waals surface area (Å²) in [5.74, 6) is -0.111. The van der Waals surface area contributed by atoms with Crippen LogP contribution >= 0.6 is 0 Å². The van der Waals surface area contributed by atoms with Crippen LogP contribution in [0.5, 0.6) is 0 Å². The molecule has 0 radical (unpaired) electrons. The monoisotopic (exact) mass is 279 g/mol. The highest BCUT2D eigenvalue weighted by atomic mass is 19.4. The molecule has 0 saturated heterocycles. The van der Waals surface area contributed by atoms with Crippen LogP contribution in [0.2, 0.25) is 0 Å². The quantitative estimate of drug-likeness (QED) is 0.873. The number of anilines is 1. The lowest BCUT2D eigenvalue weighted by Crippen LogP contribution is -2.19. The van der Waals surface area contributed by atoms with E-state index in [-0.39, 0.29) is 11.6 Å². The van der Waals surface area contributed by atoms with Crippen molar-refractivity contribution >= 4 is 5.95 Å². The van der Waals surface area contributed by atoms with Gasteiger partial charge in [0.15, 0.2) is 0 Å². The Labute approximate surface area is 113 Å². The van der Waals surface area contributed by atoms with Gasteiger partial charge in [-0.15, -0.1) is 0 Å². The fraction of sp³-hybridized carbons (Fsp3) is 0.286. The lowest BCUT2D eigenvalue weighted by Gasteiger charge is -2.21. The number of benzene rings is 1. The van der Waals surface area contributed by atoms with Gasteiger partial charge in [-0.2, -0.15) is 13.2 Å². The molecule has 104 valence electrons. The Balaban J connectivity index is 2.16. The van der Waals surface area contributed by atoms with Crippen LogP contribution in [0.1, 0.15) is 16.8 Å². The molecule has 0 atom stereocenters. The van der Waals surface area contributed by atoms with E-state index in [1.165, 1.54) is 0 Å². The van der Waals surface area contributed by atoms with Gasteiger partial charge in [0.05, 0.1) is 17.8 Å². The topological polar surface area (TPSA) is 51.8 Å². The standard InChI is InChI=1S/C14H12F3N3/c15-14(16,17)7-11-10-6-5-8-3-1-2-4-9(8)12(10)20-13(18)19-11/h1-4H,5-7H2,(H2,18,19,20). The summed E-state index contributed by atoms with van der Waals surface area (Å²) in [6, 6.07) is 7.57. The molecule has 1 aliphatic carbocycles. The second-order valence-electron chi connectivity index (χ2n) is 4.80. The van der Waals surface area contributed by atoms with Crippen LogP contribution < -0.4 is 5.73 Å². The number of aryl methyl sites for hydroxylation is 1. The van der Waals surface area contributed by atoms with E-state index in [1.54, 1.807) is 0 Å². The van der Waals surface area contributed by atoms with Crippen LogP contribution in [-0.4, -0.2) is 16.1 Å². The van der Waals surface area contributed by atoms with E-state index in [0.717, 1.165) is 11.1 Å². The Bertz CT molecular complexity index is 665. The molecule has 0 spiro atoms. The van der Waals surface area contributed by atoms with Crippen molar-refractivity contribution in [2.45, 2.75) is 25.4 Å². The molecule has 2 N–H and O–H groups in total. The summed E-state index contributed by atoms with van der Waals surface area (Å²) in [7, 11) is 0. The largest absolute Gasteiger partial charge is 0.394 e. The van der Waals surface area contributed by atoms with E-state index >= 15 is 0 Å². The number of fused-ring (bicyclic) bond motifs is 3. The van der Waals surface area contributed by atoms with Crippen LogP contribution in [0, 0.1) is 0 Å². The van der Waals surface area contributed by atoms with Crippen molar-refractivity contribution in [1.82, 2.24) is 9.97 Å². The van der Waals surface area contributed by atoms with E-state index in [2.05, 4.69) is 9.97 Å². The van der Waals surface area contributed by atoms with Gasteiger partial charge in [0.2, 0.25) is 5.95 Å². The first-order chi connectivity index (χ1) is 9.44. The van der Waals surface area contributed by atoms with Crippen LogP contribution in [-0.2, 0) is 19.3 Å². The molecule has 3 nitrogen and oxygen atoms in total. The highest BCUT2D eigenvalue weighted by molar-refractivity contribution is 5.71. The van der Waals surface area contributed by atoms with Gasteiger partial charge in [-0.3, -0.25) is 0 Å². The molecular weight excluding hydrogens is 267 g/mol. The molecular formula is C14H12F3N3. The molecule has 0 amide bonds. The Morgan fingerprint density at radius 1 is 1.10 bits per heavy atom. The minimum Gasteiger partial charge on any atom is -0.368 e. The minimum atomic E-state index is -4.30. The number of rotatable bonds is 1. The molecule has 1 aromatic heterocycles. The Kier molecular flexibility index (Phi) is 2.88. The van der Waals surface area contributed by atoms with Crippen molar-refractivity contribution in [3.8, 4) is 11.3 Å². The zero-order valence-corrected chi connectivity index (χ0v) is 10.5. The highest BCUT2D eigenvalue weighted by Gasteiger charge is 2.32.